The summed E-state index contributed by atoms with van der Waals surface area (Å²) in [6.07, 6.45) is 0. The highest BCUT2D eigenvalue weighted by Crippen LogP contribution is 2.33. The minimum Gasteiger partial charge on any atom is -0.142 e. The lowest BCUT2D eigenvalue weighted by Gasteiger charge is -2.00. The van der Waals surface area contributed by atoms with E-state index in [1.807, 2.05) is 32.0 Å². The number of hydrogen-bond acceptors (Lipinski definition) is 3. The van der Waals surface area contributed by atoms with Crippen LogP contribution in [0.5, 0.6) is 0 Å². The van der Waals surface area contributed by atoms with Crippen LogP contribution in [-0.4, -0.2) is 10.2 Å². The fourth-order valence-electron chi connectivity index (χ4n) is 1.30. The van der Waals surface area contributed by atoms with Crippen LogP contribution in [0.15, 0.2) is 18.2 Å². The van der Waals surface area contributed by atoms with E-state index in [9.17, 15) is 0 Å². The van der Waals surface area contributed by atoms with E-state index < -0.39 is 0 Å². The Kier molecular flexibility index (Phi) is 3.47. The molecule has 0 saturated heterocycles. The van der Waals surface area contributed by atoms with Crippen molar-refractivity contribution in [2.75, 3.05) is 0 Å². The lowest BCUT2D eigenvalue weighted by atomic mass is 10.2. The third kappa shape index (κ3) is 2.37. The minimum absolute atomic E-state index is 0.115. The smallest absolute Gasteiger partial charge is 0.142 e. The third-order valence-electron chi connectivity index (χ3n) is 2.14. The summed E-state index contributed by atoms with van der Waals surface area (Å²) >= 11 is 13.6. The molecule has 2 rings (SSSR count). The second-order valence-corrected chi connectivity index (χ2v) is 5.62. The van der Waals surface area contributed by atoms with Crippen molar-refractivity contribution in [1.82, 2.24) is 10.2 Å². The molecular weight excluding hydrogens is 263 g/mol. The molecule has 2 nitrogen and oxygen atoms in total. The Hall–Kier alpha value is -0.640. The Bertz CT molecular complexity index is 508. The van der Waals surface area contributed by atoms with E-state index in [-0.39, 0.29) is 5.38 Å². The summed E-state index contributed by atoms with van der Waals surface area (Å²) in [7, 11) is 0. The summed E-state index contributed by atoms with van der Waals surface area (Å²) in [6, 6.07) is 5.88. The molecule has 0 radical (unpaired) electrons. The fourth-order valence-corrected chi connectivity index (χ4v) is 2.67. The van der Waals surface area contributed by atoms with Gasteiger partial charge in [0.05, 0.1) is 10.4 Å². The molecule has 1 aromatic carbocycles. The van der Waals surface area contributed by atoms with Gasteiger partial charge in [-0.1, -0.05) is 35.1 Å². The van der Waals surface area contributed by atoms with Gasteiger partial charge in [-0.15, -0.1) is 21.8 Å². The van der Waals surface area contributed by atoms with Crippen molar-refractivity contribution in [3.05, 3.63) is 33.8 Å². The number of aryl methyl sites for hydroxylation is 1. The van der Waals surface area contributed by atoms with Crippen LogP contribution >= 0.6 is 34.5 Å². The molecular formula is C11H10Cl2N2S. The van der Waals surface area contributed by atoms with Crippen molar-refractivity contribution in [1.29, 1.82) is 0 Å². The summed E-state index contributed by atoms with van der Waals surface area (Å²) in [5, 5.41) is 10.3. The summed E-state index contributed by atoms with van der Waals surface area (Å²) in [5.74, 6) is 0. The molecule has 0 aliphatic rings. The minimum atomic E-state index is -0.115. The topological polar surface area (TPSA) is 25.8 Å². The van der Waals surface area contributed by atoms with Gasteiger partial charge < -0.3 is 0 Å². The van der Waals surface area contributed by atoms with Gasteiger partial charge in [-0.05, 0) is 25.5 Å². The van der Waals surface area contributed by atoms with Gasteiger partial charge in [0.1, 0.15) is 10.0 Å². The van der Waals surface area contributed by atoms with Gasteiger partial charge in [-0.3, -0.25) is 0 Å². The first-order valence-electron chi connectivity index (χ1n) is 4.82. The molecule has 0 aliphatic heterocycles. The second-order valence-electron chi connectivity index (χ2n) is 3.54. The first-order chi connectivity index (χ1) is 7.58. The Morgan fingerprint density at radius 3 is 2.62 bits per heavy atom. The van der Waals surface area contributed by atoms with Gasteiger partial charge >= 0.3 is 0 Å². The highest BCUT2D eigenvalue weighted by molar-refractivity contribution is 7.15. The number of hydrogen-bond donors (Lipinski definition) is 0. The summed E-state index contributed by atoms with van der Waals surface area (Å²) < 4.78 is 0. The second kappa shape index (κ2) is 4.70. The molecule has 0 N–H and O–H groups in total. The van der Waals surface area contributed by atoms with E-state index in [0.717, 1.165) is 21.1 Å². The summed E-state index contributed by atoms with van der Waals surface area (Å²) in [6.45, 7) is 3.88. The Morgan fingerprint density at radius 2 is 2.06 bits per heavy atom. The zero-order valence-corrected chi connectivity index (χ0v) is 11.2. The molecule has 1 aromatic heterocycles. The first-order valence-corrected chi connectivity index (χ1v) is 6.45. The van der Waals surface area contributed by atoms with Crippen LogP contribution in [0.25, 0.3) is 10.6 Å². The summed E-state index contributed by atoms with van der Waals surface area (Å²) in [5.41, 5.74) is 2.04. The van der Waals surface area contributed by atoms with Crippen molar-refractivity contribution in [2.45, 2.75) is 19.2 Å². The third-order valence-corrected chi connectivity index (χ3v) is 3.92. The maximum absolute atomic E-state index is 6.16. The number of aromatic nitrogens is 2. The molecule has 1 heterocycles. The maximum Gasteiger partial charge on any atom is 0.149 e. The van der Waals surface area contributed by atoms with Gasteiger partial charge in [0.25, 0.3) is 0 Å². The zero-order valence-electron chi connectivity index (χ0n) is 8.87. The molecule has 0 amide bonds. The van der Waals surface area contributed by atoms with Gasteiger partial charge in [0, 0.05) is 5.56 Å². The Labute approximate surface area is 108 Å². The number of benzene rings is 1. The molecule has 84 valence electrons. The van der Waals surface area contributed by atoms with E-state index in [1.165, 1.54) is 11.3 Å². The zero-order chi connectivity index (χ0) is 11.7. The van der Waals surface area contributed by atoms with Crippen molar-refractivity contribution >= 4 is 34.5 Å². The van der Waals surface area contributed by atoms with E-state index in [1.54, 1.807) is 0 Å². The van der Waals surface area contributed by atoms with Crippen LogP contribution in [-0.2, 0) is 0 Å². The standard InChI is InChI=1S/C11H10Cl2N2S/c1-6-3-4-8(9(13)5-6)11-15-14-10(16-11)7(2)12/h3-5,7H,1-2H3. The number of halogens is 2. The normalized spacial score (nSPS) is 12.8. The monoisotopic (exact) mass is 272 g/mol. The first kappa shape index (κ1) is 11.8. The molecule has 0 bridgehead atoms. The van der Waals surface area contributed by atoms with Crippen LogP contribution in [0.1, 0.15) is 22.9 Å². The van der Waals surface area contributed by atoms with Crippen LogP contribution in [0.2, 0.25) is 5.02 Å². The van der Waals surface area contributed by atoms with Crippen molar-refractivity contribution in [2.24, 2.45) is 0 Å². The van der Waals surface area contributed by atoms with Crippen molar-refractivity contribution < 1.29 is 0 Å². The highest BCUT2D eigenvalue weighted by atomic mass is 35.5. The van der Waals surface area contributed by atoms with Gasteiger partial charge in [-0.2, -0.15) is 0 Å². The number of nitrogens with zero attached hydrogens (tertiary/aromatic N) is 2. The highest BCUT2D eigenvalue weighted by Gasteiger charge is 2.12. The van der Waals surface area contributed by atoms with E-state index >= 15 is 0 Å². The Balaban J connectivity index is 2.42. The molecule has 0 aliphatic carbocycles. The maximum atomic E-state index is 6.16. The van der Waals surface area contributed by atoms with Crippen LogP contribution in [0.3, 0.4) is 0 Å². The van der Waals surface area contributed by atoms with E-state index in [0.29, 0.717) is 5.02 Å². The number of rotatable bonds is 2. The fraction of sp³-hybridized carbons (Fsp3) is 0.273. The molecule has 2 aromatic rings. The molecule has 1 atom stereocenters. The van der Waals surface area contributed by atoms with Gasteiger partial charge in [0.2, 0.25) is 0 Å². The Morgan fingerprint density at radius 1 is 1.31 bits per heavy atom. The largest absolute Gasteiger partial charge is 0.149 e. The SMILES string of the molecule is Cc1ccc(-c2nnc(C(C)Cl)s2)c(Cl)c1. The lowest BCUT2D eigenvalue weighted by Crippen LogP contribution is -1.81. The van der Waals surface area contributed by atoms with Crippen LogP contribution in [0.4, 0.5) is 0 Å². The number of alkyl halides is 1. The molecule has 0 spiro atoms. The molecule has 0 saturated carbocycles. The van der Waals surface area contributed by atoms with Crippen molar-refractivity contribution in [3.63, 3.8) is 0 Å². The average molecular weight is 273 g/mol. The predicted octanol–water partition coefficient (Wildman–Crippen LogP) is 4.47. The van der Waals surface area contributed by atoms with Gasteiger partial charge in [0.15, 0.2) is 0 Å². The van der Waals surface area contributed by atoms with Gasteiger partial charge in [-0.25, -0.2) is 0 Å². The van der Waals surface area contributed by atoms with E-state index in [2.05, 4.69) is 10.2 Å². The molecule has 5 heteroatoms. The van der Waals surface area contributed by atoms with Crippen LogP contribution < -0.4 is 0 Å². The van der Waals surface area contributed by atoms with E-state index in [4.69, 9.17) is 23.2 Å². The quantitative estimate of drug-likeness (QED) is 0.754. The predicted molar refractivity (Wildman–Crippen MR) is 69.4 cm³/mol. The summed E-state index contributed by atoms with van der Waals surface area (Å²) in [4.78, 5) is 0. The van der Waals surface area contributed by atoms with Crippen LogP contribution in [0, 0.1) is 6.92 Å². The van der Waals surface area contributed by atoms with Crippen molar-refractivity contribution in [3.8, 4) is 10.6 Å². The molecule has 16 heavy (non-hydrogen) atoms. The molecule has 0 fully saturated rings. The average Bonchev–Trinajstić information content (AvgIpc) is 2.66. The lowest BCUT2D eigenvalue weighted by molar-refractivity contribution is 0.962. The molecule has 1 unspecified atom stereocenters.